The molecule has 0 fully saturated rings. The smallest absolute Gasteiger partial charge is 0.406 e. The SMILES string of the molecule is O=C(Nc1ccc(OC(F)(F)F)cc1)Nc1c[nH]c2ccc(Cl)cc12. The Bertz CT molecular complexity index is 907. The number of H-pyrrole nitrogens is 1. The maximum Gasteiger partial charge on any atom is 0.573 e. The van der Waals surface area contributed by atoms with Crippen LogP contribution in [0.1, 0.15) is 0 Å². The van der Waals surface area contributed by atoms with Gasteiger partial charge in [0.2, 0.25) is 0 Å². The zero-order chi connectivity index (χ0) is 18.0. The van der Waals surface area contributed by atoms with Gasteiger partial charge in [0.1, 0.15) is 5.75 Å². The van der Waals surface area contributed by atoms with Crippen LogP contribution in [-0.2, 0) is 0 Å². The van der Waals surface area contributed by atoms with Gasteiger partial charge in [-0.2, -0.15) is 0 Å². The Labute approximate surface area is 144 Å². The molecule has 0 aliphatic heterocycles. The number of urea groups is 1. The average molecular weight is 370 g/mol. The minimum atomic E-state index is -4.76. The lowest BCUT2D eigenvalue weighted by Crippen LogP contribution is -2.19. The number of alkyl halides is 3. The van der Waals surface area contributed by atoms with Crippen LogP contribution in [0.3, 0.4) is 0 Å². The number of carbonyl (C=O) groups excluding carboxylic acids is 1. The first-order valence-electron chi connectivity index (χ1n) is 7.01. The van der Waals surface area contributed by atoms with Crippen molar-refractivity contribution in [2.24, 2.45) is 0 Å². The van der Waals surface area contributed by atoms with Crippen LogP contribution in [0.2, 0.25) is 5.02 Å². The Morgan fingerprint density at radius 2 is 1.80 bits per heavy atom. The van der Waals surface area contributed by atoms with E-state index in [4.69, 9.17) is 11.6 Å². The van der Waals surface area contributed by atoms with Crippen molar-refractivity contribution < 1.29 is 22.7 Å². The van der Waals surface area contributed by atoms with Gasteiger partial charge in [0.15, 0.2) is 0 Å². The highest BCUT2D eigenvalue weighted by Crippen LogP contribution is 2.27. The Morgan fingerprint density at radius 1 is 1.08 bits per heavy atom. The zero-order valence-electron chi connectivity index (χ0n) is 12.4. The summed E-state index contributed by atoms with van der Waals surface area (Å²) >= 11 is 5.94. The van der Waals surface area contributed by atoms with Crippen LogP contribution in [0.25, 0.3) is 10.9 Å². The normalized spacial score (nSPS) is 11.4. The van der Waals surface area contributed by atoms with E-state index in [1.54, 1.807) is 24.4 Å². The molecule has 0 bridgehead atoms. The van der Waals surface area contributed by atoms with Crippen molar-refractivity contribution in [1.29, 1.82) is 0 Å². The first-order chi connectivity index (χ1) is 11.8. The molecule has 0 radical (unpaired) electrons. The third-order valence-electron chi connectivity index (χ3n) is 3.24. The Balaban J connectivity index is 1.67. The lowest BCUT2D eigenvalue weighted by molar-refractivity contribution is -0.274. The lowest BCUT2D eigenvalue weighted by Gasteiger charge is -2.10. The van der Waals surface area contributed by atoms with E-state index in [9.17, 15) is 18.0 Å². The molecule has 1 aromatic heterocycles. The Morgan fingerprint density at radius 3 is 2.48 bits per heavy atom. The summed E-state index contributed by atoms with van der Waals surface area (Å²) in [6.45, 7) is 0. The van der Waals surface area contributed by atoms with E-state index in [2.05, 4.69) is 20.4 Å². The largest absolute Gasteiger partial charge is 0.573 e. The van der Waals surface area contributed by atoms with Crippen LogP contribution < -0.4 is 15.4 Å². The molecule has 0 aliphatic rings. The number of halogens is 4. The molecule has 3 N–H and O–H groups in total. The van der Waals surface area contributed by atoms with Crippen LogP contribution >= 0.6 is 11.6 Å². The Kier molecular flexibility index (Phi) is 4.45. The number of hydrogen-bond donors (Lipinski definition) is 3. The molecule has 0 spiro atoms. The number of carbonyl (C=O) groups is 1. The van der Waals surface area contributed by atoms with Gasteiger partial charge >= 0.3 is 12.4 Å². The maximum atomic E-state index is 12.1. The summed E-state index contributed by atoms with van der Waals surface area (Å²) in [5.74, 6) is -0.371. The molecule has 0 atom stereocenters. The molecule has 130 valence electrons. The number of benzene rings is 2. The monoisotopic (exact) mass is 369 g/mol. The van der Waals surface area contributed by atoms with Crippen molar-refractivity contribution in [2.75, 3.05) is 10.6 Å². The fourth-order valence-corrected chi connectivity index (χ4v) is 2.39. The van der Waals surface area contributed by atoms with Gasteiger partial charge < -0.3 is 20.4 Å². The summed E-state index contributed by atoms with van der Waals surface area (Å²) in [4.78, 5) is 15.0. The molecule has 0 saturated heterocycles. The number of nitrogens with one attached hydrogen (secondary N) is 3. The quantitative estimate of drug-likeness (QED) is 0.581. The van der Waals surface area contributed by atoms with Crippen LogP contribution in [0, 0.1) is 0 Å². The third-order valence-corrected chi connectivity index (χ3v) is 3.47. The summed E-state index contributed by atoms with van der Waals surface area (Å²) in [5.41, 5.74) is 1.63. The summed E-state index contributed by atoms with van der Waals surface area (Å²) < 4.78 is 40.1. The molecule has 0 aliphatic carbocycles. The molecule has 25 heavy (non-hydrogen) atoms. The summed E-state index contributed by atoms with van der Waals surface area (Å²) in [6.07, 6.45) is -3.15. The third kappa shape index (κ3) is 4.36. The van der Waals surface area contributed by atoms with Crippen LogP contribution in [0.15, 0.2) is 48.7 Å². The van der Waals surface area contributed by atoms with E-state index in [0.717, 1.165) is 23.0 Å². The van der Waals surface area contributed by atoms with Crippen molar-refractivity contribution in [3.8, 4) is 5.75 Å². The van der Waals surface area contributed by atoms with Gasteiger partial charge in [-0.3, -0.25) is 0 Å². The number of rotatable bonds is 3. The predicted molar refractivity (Wildman–Crippen MR) is 89.1 cm³/mol. The molecule has 0 saturated carbocycles. The standard InChI is InChI=1S/C16H11ClF3N3O2/c17-9-1-6-13-12(7-9)14(8-21-13)23-15(24)22-10-2-4-11(5-3-10)25-16(18,19)20/h1-8,21H,(H2,22,23,24). The average Bonchev–Trinajstić information content (AvgIpc) is 2.90. The summed E-state index contributed by atoms with van der Waals surface area (Å²) in [6, 6.07) is 9.45. The second-order valence-electron chi connectivity index (χ2n) is 5.04. The maximum absolute atomic E-state index is 12.1. The van der Waals surface area contributed by atoms with Crippen molar-refractivity contribution in [1.82, 2.24) is 4.98 Å². The highest BCUT2D eigenvalue weighted by Gasteiger charge is 2.30. The van der Waals surface area contributed by atoms with Gasteiger partial charge in [0.25, 0.3) is 0 Å². The first kappa shape index (κ1) is 17.0. The van der Waals surface area contributed by atoms with Gasteiger partial charge in [0, 0.05) is 27.8 Å². The molecule has 3 rings (SSSR count). The van der Waals surface area contributed by atoms with Crippen molar-refractivity contribution in [3.05, 3.63) is 53.7 Å². The van der Waals surface area contributed by atoms with Crippen LogP contribution in [-0.4, -0.2) is 17.4 Å². The van der Waals surface area contributed by atoms with Gasteiger partial charge in [-0.05, 0) is 42.5 Å². The van der Waals surface area contributed by atoms with E-state index in [-0.39, 0.29) is 5.75 Å². The summed E-state index contributed by atoms with van der Waals surface area (Å²) in [7, 11) is 0. The fourth-order valence-electron chi connectivity index (χ4n) is 2.22. The van der Waals surface area contributed by atoms with E-state index in [1.807, 2.05) is 0 Å². The predicted octanol–water partition coefficient (Wildman–Crippen LogP) is 5.36. The molecule has 2 amide bonds. The minimum absolute atomic E-state index is 0.310. The number of amides is 2. The van der Waals surface area contributed by atoms with Crippen molar-refractivity contribution in [3.63, 3.8) is 0 Å². The fraction of sp³-hybridized carbons (Fsp3) is 0.0625. The van der Waals surface area contributed by atoms with E-state index in [1.165, 1.54) is 12.1 Å². The van der Waals surface area contributed by atoms with E-state index < -0.39 is 12.4 Å². The number of hydrogen-bond acceptors (Lipinski definition) is 2. The van der Waals surface area contributed by atoms with Crippen LogP contribution in [0.4, 0.5) is 29.3 Å². The van der Waals surface area contributed by atoms with Crippen LogP contribution in [0.5, 0.6) is 5.75 Å². The molecule has 1 heterocycles. The lowest BCUT2D eigenvalue weighted by atomic mass is 10.2. The number of ether oxygens (including phenoxy) is 1. The molecule has 2 aromatic carbocycles. The van der Waals surface area contributed by atoms with Gasteiger partial charge in [-0.15, -0.1) is 13.2 Å². The van der Waals surface area contributed by atoms with Crippen molar-refractivity contribution >= 4 is 39.9 Å². The molecular weight excluding hydrogens is 359 g/mol. The number of anilines is 2. The highest BCUT2D eigenvalue weighted by atomic mass is 35.5. The second kappa shape index (κ2) is 6.56. The number of aromatic nitrogens is 1. The molecular formula is C16H11ClF3N3O2. The van der Waals surface area contributed by atoms with Gasteiger partial charge in [0.05, 0.1) is 5.69 Å². The zero-order valence-corrected chi connectivity index (χ0v) is 13.2. The molecule has 5 nitrogen and oxygen atoms in total. The first-order valence-corrected chi connectivity index (χ1v) is 7.38. The Hall–Kier alpha value is -2.87. The second-order valence-corrected chi connectivity index (χ2v) is 5.48. The molecule has 3 aromatic rings. The van der Waals surface area contributed by atoms with Crippen molar-refractivity contribution in [2.45, 2.75) is 6.36 Å². The van der Waals surface area contributed by atoms with E-state index >= 15 is 0 Å². The highest BCUT2D eigenvalue weighted by molar-refractivity contribution is 6.31. The minimum Gasteiger partial charge on any atom is -0.406 e. The topological polar surface area (TPSA) is 66.2 Å². The van der Waals surface area contributed by atoms with Gasteiger partial charge in [-0.25, -0.2) is 4.79 Å². The number of fused-ring (bicyclic) bond motifs is 1. The van der Waals surface area contributed by atoms with E-state index in [0.29, 0.717) is 16.4 Å². The summed E-state index contributed by atoms with van der Waals surface area (Å²) in [5, 5.41) is 6.41. The molecule has 9 heteroatoms. The van der Waals surface area contributed by atoms with Gasteiger partial charge in [-0.1, -0.05) is 11.6 Å². The number of aromatic amines is 1. The molecule has 0 unspecified atom stereocenters.